The summed E-state index contributed by atoms with van der Waals surface area (Å²) in [5.41, 5.74) is 0.846. The Kier molecular flexibility index (Phi) is 5.74. The summed E-state index contributed by atoms with van der Waals surface area (Å²) in [6.45, 7) is 5.34. The number of hydrogen-bond acceptors (Lipinski definition) is 5. The molecule has 27 heavy (non-hydrogen) atoms. The number of hydrogen-bond donors (Lipinski definition) is 1. The Morgan fingerprint density at radius 3 is 2.70 bits per heavy atom. The van der Waals surface area contributed by atoms with Crippen molar-refractivity contribution in [2.45, 2.75) is 25.7 Å². The van der Waals surface area contributed by atoms with Gasteiger partial charge in [0.15, 0.2) is 0 Å². The van der Waals surface area contributed by atoms with E-state index in [4.69, 9.17) is 11.6 Å². The molecule has 1 saturated carbocycles. The van der Waals surface area contributed by atoms with Crippen LogP contribution in [0.25, 0.3) is 10.9 Å². The fourth-order valence-electron chi connectivity index (χ4n) is 4.13. The first-order chi connectivity index (χ1) is 13.2. The van der Waals surface area contributed by atoms with Crippen LogP contribution in [0.1, 0.15) is 25.7 Å². The molecule has 1 aromatic carbocycles. The van der Waals surface area contributed by atoms with Crippen LogP contribution in [0.5, 0.6) is 0 Å². The summed E-state index contributed by atoms with van der Waals surface area (Å²) in [6.07, 6.45) is 6.16. The SMILES string of the molecule is O=C(C1CCCC1)N1CCN(CCNc2ncnc3cc(Cl)ccc23)CC1. The van der Waals surface area contributed by atoms with Crippen LogP contribution in [-0.2, 0) is 4.79 Å². The molecule has 4 rings (SSSR count). The highest BCUT2D eigenvalue weighted by Gasteiger charge is 2.29. The summed E-state index contributed by atoms with van der Waals surface area (Å²) < 4.78 is 0. The van der Waals surface area contributed by atoms with E-state index in [1.165, 1.54) is 12.8 Å². The van der Waals surface area contributed by atoms with Crippen molar-refractivity contribution in [2.24, 2.45) is 5.92 Å². The number of rotatable bonds is 5. The first kappa shape index (κ1) is 18.4. The van der Waals surface area contributed by atoms with Crippen LogP contribution < -0.4 is 5.32 Å². The molecule has 1 aromatic heterocycles. The van der Waals surface area contributed by atoms with Gasteiger partial charge in [-0.1, -0.05) is 24.4 Å². The van der Waals surface area contributed by atoms with E-state index in [0.717, 1.165) is 68.8 Å². The number of anilines is 1. The summed E-state index contributed by atoms with van der Waals surface area (Å²) in [5, 5.41) is 5.08. The van der Waals surface area contributed by atoms with E-state index in [9.17, 15) is 4.79 Å². The van der Waals surface area contributed by atoms with Crippen LogP contribution >= 0.6 is 11.6 Å². The second-order valence-corrected chi connectivity index (χ2v) is 7.90. The third kappa shape index (κ3) is 4.33. The van der Waals surface area contributed by atoms with E-state index in [0.29, 0.717) is 10.9 Å². The quantitative estimate of drug-likeness (QED) is 0.854. The fourth-order valence-corrected chi connectivity index (χ4v) is 4.29. The van der Waals surface area contributed by atoms with Crippen molar-refractivity contribution in [3.8, 4) is 0 Å². The van der Waals surface area contributed by atoms with Crippen molar-refractivity contribution in [3.05, 3.63) is 29.5 Å². The Morgan fingerprint density at radius 1 is 1.15 bits per heavy atom. The van der Waals surface area contributed by atoms with Gasteiger partial charge in [-0.05, 0) is 31.0 Å². The molecule has 2 fully saturated rings. The number of nitrogens with zero attached hydrogens (tertiary/aromatic N) is 4. The van der Waals surface area contributed by atoms with Gasteiger partial charge in [0, 0.05) is 55.6 Å². The average Bonchev–Trinajstić information content (AvgIpc) is 3.23. The third-order valence-corrected chi connectivity index (χ3v) is 5.94. The lowest BCUT2D eigenvalue weighted by molar-refractivity contribution is -0.137. The molecule has 1 amide bonds. The van der Waals surface area contributed by atoms with Crippen LogP contribution in [0.2, 0.25) is 5.02 Å². The molecular formula is C20H26ClN5O. The molecule has 7 heteroatoms. The smallest absolute Gasteiger partial charge is 0.225 e. The highest BCUT2D eigenvalue weighted by Crippen LogP contribution is 2.27. The first-order valence-corrected chi connectivity index (χ1v) is 10.2. The van der Waals surface area contributed by atoms with Gasteiger partial charge in [-0.25, -0.2) is 9.97 Å². The maximum Gasteiger partial charge on any atom is 0.225 e. The minimum Gasteiger partial charge on any atom is -0.368 e. The first-order valence-electron chi connectivity index (χ1n) is 9.86. The predicted octanol–water partition coefficient (Wildman–Crippen LogP) is 3.03. The van der Waals surface area contributed by atoms with Crippen molar-refractivity contribution >= 4 is 34.2 Å². The summed E-state index contributed by atoms with van der Waals surface area (Å²) >= 11 is 6.04. The van der Waals surface area contributed by atoms with Crippen molar-refractivity contribution in [1.29, 1.82) is 0 Å². The van der Waals surface area contributed by atoms with Gasteiger partial charge in [0.25, 0.3) is 0 Å². The molecule has 0 radical (unpaired) electrons. The van der Waals surface area contributed by atoms with Gasteiger partial charge in [0.05, 0.1) is 5.52 Å². The maximum absolute atomic E-state index is 12.5. The summed E-state index contributed by atoms with van der Waals surface area (Å²) in [5.74, 6) is 1.51. The van der Waals surface area contributed by atoms with Crippen LogP contribution in [-0.4, -0.2) is 64.9 Å². The predicted molar refractivity (Wildman–Crippen MR) is 108 cm³/mol. The van der Waals surface area contributed by atoms with Crippen LogP contribution in [0.15, 0.2) is 24.5 Å². The number of carbonyl (C=O) groups is 1. The van der Waals surface area contributed by atoms with Crippen LogP contribution in [0.4, 0.5) is 5.82 Å². The van der Waals surface area contributed by atoms with Gasteiger partial charge in [0.1, 0.15) is 12.1 Å². The topological polar surface area (TPSA) is 61.4 Å². The zero-order chi connectivity index (χ0) is 18.6. The van der Waals surface area contributed by atoms with E-state index in [1.807, 2.05) is 18.2 Å². The van der Waals surface area contributed by atoms with Crippen molar-refractivity contribution in [1.82, 2.24) is 19.8 Å². The van der Waals surface area contributed by atoms with Crippen LogP contribution in [0, 0.1) is 5.92 Å². The molecule has 0 atom stereocenters. The fraction of sp³-hybridized carbons (Fsp3) is 0.550. The number of amides is 1. The molecule has 1 aliphatic heterocycles. The standard InChI is InChI=1S/C20H26ClN5O/c21-16-5-6-17-18(13-16)23-14-24-19(17)22-7-8-25-9-11-26(12-10-25)20(27)15-3-1-2-4-15/h5-6,13-15H,1-4,7-12H2,(H,22,23,24). The van der Waals surface area contributed by atoms with E-state index >= 15 is 0 Å². The number of piperazine rings is 1. The Bertz CT molecular complexity index is 800. The summed E-state index contributed by atoms with van der Waals surface area (Å²) in [6, 6.07) is 5.66. The van der Waals surface area contributed by atoms with Gasteiger partial charge >= 0.3 is 0 Å². The van der Waals surface area contributed by atoms with Gasteiger partial charge in [-0.3, -0.25) is 9.69 Å². The largest absolute Gasteiger partial charge is 0.368 e. The molecule has 0 unspecified atom stereocenters. The number of aromatic nitrogens is 2. The monoisotopic (exact) mass is 387 g/mol. The molecule has 1 N–H and O–H groups in total. The molecule has 1 saturated heterocycles. The minimum absolute atomic E-state index is 0.290. The van der Waals surface area contributed by atoms with E-state index in [-0.39, 0.29) is 5.92 Å². The molecule has 1 aliphatic carbocycles. The van der Waals surface area contributed by atoms with Crippen molar-refractivity contribution in [2.75, 3.05) is 44.6 Å². The van der Waals surface area contributed by atoms with Crippen molar-refractivity contribution in [3.63, 3.8) is 0 Å². The summed E-state index contributed by atoms with van der Waals surface area (Å²) in [7, 11) is 0. The van der Waals surface area contributed by atoms with E-state index < -0.39 is 0 Å². The number of nitrogens with one attached hydrogen (secondary N) is 1. The Morgan fingerprint density at radius 2 is 1.93 bits per heavy atom. The lowest BCUT2D eigenvalue weighted by Crippen LogP contribution is -2.50. The molecule has 6 nitrogen and oxygen atoms in total. The number of benzene rings is 1. The zero-order valence-electron chi connectivity index (χ0n) is 15.5. The molecule has 2 aromatic rings. The Hall–Kier alpha value is -1.92. The Balaban J connectivity index is 1.25. The van der Waals surface area contributed by atoms with E-state index in [2.05, 4.69) is 25.1 Å². The van der Waals surface area contributed by atoms with Gasteiger partial charge < -0.3 is 10.2 Å². The normalized spacial score (nSPS) is 18.9. The number of carbonyl (C=O) groups excluding carboxylic acids is 1. The average molecular weight is 388 g/mol. The number of halogens is 1. The molecule has 2 heterocycles. The highest BCUT2D eigenvalue weighted by atomic mass is 35.5. The third-order valence-electron chi connectivity index (χ3n) is 5.71. The second-order valence-electron chi connectivity index (χ2n) is 7.46. The zero-order valence-corrected chi connectivity index (χ0v) is 16.3. The van der Waals surface area contributed by atoms with Gasteiger partial charge in [-0.2, -0.15) is 0 Å². The molecule has 2 aliphatic rings. The molecule has 144 valence electrons. The minimum atomic E-state index is 0.290. The lowest BCUT2D eigenvalue weighted by Gasteiger charge is -2.36. The Labute approximate surface area is 164 Å². The van der Waals surface area contributed by atoms with Crippen molar-refractivity contribution < 1.29 is 4.79 Å². The molecule has 0 bridgehead atoms. The van der Waals surface area contributed by atoms with Crippen LogP contribution in [0.3, 0.4) is 0 Å². The maximum atomic E-state index is 12.5. The van der Waals surface area contributed by atoms with E-state index in [1.54, 1.807) is 6.33 Å². The van der Waals surface area contributed by atoms with Gasteiger partial charge in [-0.15, -0.1) is 0 Å². The highest BCUT2D eigenvalue weighted by molar-refractivity contribution is 6.31. The van der Waals surface area contributed by atoms with Gasteiger partial charge in [0.2, 0.25) is 5.91 Å². The molecule has 0 spiro atoms. The lowest BCUT2D eigenvalue weighted by atomic mass is 10.1. The molecular weight excluding hydrogens is 362 g/mol. The second kappa shape index (κ2) is 8.40. The number of fused-ring (bicyclic) bond motifs is 1. The summed E-state index contributed by atoms with van der Waals surface area (Å²) in [4.78, 5) is 25.6.